The van der Waals surface area contributed by atoms with Gasteiger partial charge in [0.15, 0.2) is 0 Å². The molecule has 0 heteroatoms. The highest BCUT2D eigenvalue weighted by Crippen LogP contribution is 2.43. The second-order valence-corrected chi connectivity index (χ2v) is 6.02. The van der Waals surface area contributed by atoms with Crippen LogP contribution < -0.4 is 0 Å². The highest BCUT2D eigenvalue weighted by atomic mass is 14.3. The normalized spacial score (nSPS) is 24.2. The minimum absolute atomic E-state index is 0.629. The summed E-state index contributed by atoms with van der Waals surface area (Å²) >= 11 is 0. The minimum Gasteiger partial charge on any atom is -0.0998 e. The van der Waals surface area contributed by atoms with Crippen LogP contribution in [0.4, 0.5) is 0 Å². The van der Waals surface area contributed by atoms with E-state index in [1.54, 1.807) is 11.1 Å². The Bertz CT molecular complexity index is 309. The van der Waals surface area contributed by atoms with Crippen LogP contribution in [0.3, 0.4) is 0 Å². The molecule has 18 heavy (non-hydrogen) atoms. The lowest BCUT2D eigenvalue weighted by Gasteiger charge is -2.36. The van der Waals surface area contributed by atoms with Gasteiger partial charge < -0.3 is 0 Å². The molecule has 0 saturated carbocycles. The van der Waals surface area contributed by atoms with Crippen LogP contribution in [0, 0.1) is 11.8 Å². The number of allylic oxidation sites excluding steroid dienone is 4. The van der Waals surface area contributed by atoms with Gasteiger partial charge in [-0.15, -0.1) is 0 Å². The zero-order chi connectivity index (χ0) is 13.7. The molecular weight excluding hydrogens is 216 g/mol. The molecule has 0 heterocycles. The van der Waals surface area contributed by atoms with E-state index in [-0.39, 0.29) is 0 Å². The van der Waals surface area contributed by atoms with Gasteiger partial charge in [0.1, 0.15) is 0 Å². The van der Waals surface area contributed by atoms with Crippen molar-refractivity contribution in [2.45, 2.75) is 66.2 Å². The highest BCUT2D eigenvalue weighted by molar-refractivity contribution is 5.26. The fourth-order valence-corrected chi connectivity index (χ4v) is 3.30. The van der Waals surface area contributed by atoms with Crippen molar-refractivity contribution in [1.82, 2.24) is 0 Å². The molecule has 0 bridgehead atoms. The van der Waals surface area contributed by atoms with Gasteiger partial charge in [-0.05, 0) is 51.4 Å². The lowest BCUT2D eigenvalue weighted by atomic mass is 9.69. The van der Waals surface area contributed by atoms with Gasteiger partial charge in [0.2, 0.25) is 0 Å². The SMILES string of the molecule is C=C(C)[C@H]1CC(CCC)=C(CCC)C[C@H]1C(=C)C. The zero-order valence-corrected chi connectivity index (χ0v) is 12.8. The Morgan fingerprint density at radius 2 is 1.22 bits per heavy atom. The van der Waals surface area contributed by atoms with Gasteiger partial charge in [0.05, 0.1) is 0 Å². The molecule has 1 aliphatic rings. The van der Waals surface area contributed by atoms with Crippen molar-refractivity contribution in [2.24, 2.45) is 11.8 Å². The van der Waals surface area contributed by atoms with Crippen molar-refractivity contribution >= 4 is 0 Å². The molecule has 0 aliphatic heterocycles. The molecule has 0 spiro atoms. The minimum atomic E-state index is 0.629. The summed E-state index contributed by atoms with van der Waals surface area (Å²) in [6.07, 6.45) is 7.56. The van der Waals surface area contributed by atoms with Gasteiger partial charge in [-0.2, -0.15) is 0 Å². The largest absolute Gasteiger partial charge is 0.0998 e. The van der Waals surface area contributed by atoms with E-state index in [1.165, 1.54) is 49.7 Å². The molecule has 0 nitrogen and oxygen atoms in total. The second-order valence-electron chi connectivity index (χ2n) is 6.02. The van der Waals surface area contributed by atoms with Crippen LogP contribution in [0.15, 0.2) is 35.5 Å². The van der Waals surface area contributed by atoms with E-state index in [9.17, 15) is 0 Å². The summed E-state index contributed by atoms with van der Waals surface area (Å²) in [5.41, 5.74) is 6.13. The van der Waals surface area contributed by atoms with E-state index in [1.807, 2.05) is 0 Å². The average Bonchev–Trinajstić information content (AvgIpc) is 2.30. The smallest absolute Gasteiger partial charge is 0.0103 e. The molecule has 1 rings (SSSR count). The lowest BCUT2D eigenvalue weighted by Crippen LogP contribution is -2.23. The molecule has 0 fully saturated rings. The number of hydrogen-bond donors (Lipinski definition) is 0. The predicted molar refractivity (Wildman–Crippen MR) is 82.7 cm³/mol. The van der Waals surface area contributed by atoms with E-state index in [0.717, 1.165) is 0 Å². The predicted octanol–water partition coefficient (Wildman–Crippen LogP) is 6.06. The zero-order valence-electron chi connectivity index (χ0n) is 12.8. The van der Waals surface area contributed by atoms with Crippen molar-refractivity contribution in [1.29, 1.82) is 0 Å². The molecule has 0 amide bonds. The van der Waals surface area contributed by atoms with Crippen molar-refractivity contribution < 1.29 is 0 Å². The van der Waals surface area contributed by atoms with E-state index in [0.29, 0.717) is 11.8 Å². The summed E-state index contributed by atoms with van der Waals surface area (Å²) in [5, 5.41) is 0. The van der Waals surface area contributed by atoms with Crippen LogP contribution >= 0.6 is 0 Å². The van der Waals surface area contributed by atoms with Crippen molar-refractivity contribution in [3.05, 3.63) is 35.5 Å². The summed E-state index contributed by atoms with van der Waals surface area (Å²) in [7, 11) is 0. The maximum absolute atomic E-state index is 4.21. The van der Waals surface area contributed by atoms with Crippen molar-refractivity contribution in [2.75, 3.05) is 0 Å². The highest BCUT2D eigenvalue weighted by Gasteiger charge is 2.30. The quantitative estimate of drug-likeness (QED) is 0.500. The molecule has 0 aromatic heterocycles. The Hall–Kier alpha value is -0.780. The second kappa shape index (κ2) is 6.97. The molecule has 0 saturated heterocycles. The van der Waals surface area contributed by atoms with Crippen LogP contribution in [0.25, 0.3) is 0 Å². The van der Waals surface area contributed by atoms with Crippen LogP contribution in [-0.4, -0.2) is 0 Å². The molecule has 0 radical (unpaired) electrons. The molecule has 1 aliphatic carbocycles. The van der Waals surface area contributed by atoms with Crippen LogP contribution in [-0.2, 0) is 0 Å². The molecule has 2 atom stereocenters. The fourth-order valence-electron chi connectivity index (χ4n) is 3.30. The number of hydrogen-bond acceptors (Lipinski definition) is 0. The summed E-state index contributed by atoms with van der Waals surface area (Å²) in [6, 6.07) is 0. The third-order valence-corrected chi connectivity index (χ3v) is 4.29. The molecular formula is C18H30. The van der Waals surface area contributed by atoms with E-state index < -0.39 is 0 Å². The first-order chi connectivity index (χ1) is 8.51. The molecule has 0 N–H and O–H groups in total. The van der Waals surface area contributed by atoms with Gasteiger partial charge in [-0.3, -0.25) is 0 Å². The standard InChI is InChI=1S/C18H30/c1-7-9-15-11-17(13(3)4)18(14(5)6)12-16(15)10-8-2/h17-18H,3,5,7-12H2,1-2,4,6H3/t17-,18+. The Kier molecular flexibility index (Phi) is 5.91. The third kappa shape index (κ3) is 3.60. The Labute approximate surface area is 114 Å². The Morgan fingerprint density at radius 3 is 1.44 bits per heavy atom. The maximum Gasteiger partial charge on any atom is -0.0103 e. The summed E-state index contributed by atoms with van der Waals surface area (Å²) in [6.45, 7) is 17.4. The molecule has 102 valence electrons. The van der Waals surface area contributed by atoms with Gasteiger partial charge in [0.25, 0.3) is 0 Å². The van der Waals surface area contributed by atoms with Crippen molar-refractivity contribution in [3.8, 4) is 0 Å². The number of rotatable bonds is 6. The van der Waals surface area contributed by atoms with Gasteiger partial charge in [-0.25, -0.2) is 0 Å². The first-order valence-corrected chi connectivity index (χ1v) is 7.51. The molecule has 0 aromatic carbocycles. The first kappa shape index (κ1) is 15.3. The summed E-state index contributed by atoms with van der Waals surface area (Å²) in [4.78, 5) is 0. The van der Waals surface area contributed by atoms with Crippen molar-refractivity contribution in [3.63, 3.8) is 0 Å². The fraction of sp³-hybridized carbons (Fsp3) is 0.667. The Morgan fingerprint density at radius 1 is 0.889 bits per heavy atom. The average molecular weight is 246 g/mol. The topological polar surface area (TPSA) is 0 Å². The van der Waals surface area contributed by atoms with Gasteiger partial charge in [-0.1, -0.05) is 62.1 Å². The maximum atomic E-state index is 4.21. The van der Waals surface area contributed by atoms with Crippen LogP contribution in [0.1, 0.15) is 66.2 Å². The monoisotopic (exact) mass is 246 g/mol. The van der Waals surface area contributed by atoms with Gasteiger partial charge >= 0.3 is 0 Å². The lowest BCUT2D eigenvalue weighted by molar-refractivity contribution is 0.387. The summed E-state index contributed by atoms with van der Waals surface area (Å²) < 4.78 is 0. The van der Waals surface area contributed by atoms with E-state index in [4.69, 9.17) is 0 Å². The third-order valence-electron chi connectivity index (χ3n) is 4.29. The molecule has 0 unspecified atom stereocenters. The first-order valence-electron chi connectivity index (χ1n) is 7.51. The Balaban J connectivity index is 3.00. The van der Waals surface area contributed by atoms with E-state index >= 15 is 0 Å². The van der Waals surface area contributed by atoms with E-state index in [2.05, 4.69) is 40.9 Å². The van der Waals surface area contributed by atoms with Gasteiger partial charge in [0, 0.05) is 0 Å². The van der Waals surface area contributed by atoms with Crippen LogP contribution in [0.5, 0.6) is 0 Å². The molecule has 0 aromatic rings. The van der Waals surface area contributed by atoms with Crippen LogP contribution in [0.2, 0.25) is 0 Å². The summed E-state index contributed by atoms with van der Waals surface area (Å²) in [5.74, 6) is 1.26.